The molecule has 3 N–H and O–H groups in total. The van der Waals surface area contributed by atoms with Crippen molar-refractivity contribution in [1.29, 1.82) is 0 Å². The number of nitrogens with one attached hydrogen (secondary N) is 3. The molecule has 2 aromatic rings. The lowest BCUT2D eigenvalue weighted by Crippen LogP contribution is -2.50. The topological polar surface area (TPSA) is 81.8 Å². The molecule has 2 heterocycles. The third-order valence-electron chi connectivity index (χ3n) is 5.09. The zero-order valence-electron chi connectivity index (χ0n) is 17.1. The molecule has 1 aliphatic heterocycles. The number of aliphatic imine (C=N–C) groups is 1. The molecule has 1 fully saturated rings. The number of rotatable bonds is 6. The largest absolute Gasteiger partial charge is 0.450 e. The van der Waals surface area contributed by atoms with Gasteiger partial charge in [0.05, 0.1) is 6.61 Å². The van der Waals surface area contributed by atoms with Gasteiger partial charge >= 0.3 is 6.09 Å². The molecule has 1 amide bonds. The zero-order valence-corrected chi connectivity index (χ0v) is 17.1. The van der Waals surface area contributed by atoms with Crippen molar-refractivity contribution >= 4 is 23.0 Å². The van der Waals surface area contributed by atoms with Crippen LogP contribution in [0.5, 0.6) is 0 Å². The summed E-state index contributed by atoms with van der Waals surface area (Å²) < 4.78 is 18.6. The molecule has 0 atom stereocenters. The fraction of sp³-hybridized carbons (Fsp3) is 0.524. The van der Waals surface area contributed by atoms with Crippen molar-refractivity contribution < 1.29 is 13.9 Å². The summed E-state index contributed by atoms with van der Waals surface area (Å²) in [4.78, 5) is 21.4. The maximum atomic E-state index is 13.5. The highest BCUT2D eigenvalue weighted by atomic mass is 19.1. The van der Waals surface area contributed by atoms with Gasteiger partial charge in [0, 0.05) is 49.3 Å². The average Bonchev–Trinajstić information content (AvgIpc) is 3.11. The highest BCUT2D eigenvalue weighted by Gasteiger charge is 2.24. The van der Waals surface area contributed by atoms with E-state index in [1.807, 2.05) is 20.0 Å². The minimum Gasteiger partial charge on any atom is -0.450 e. The zero-order chi connectivity index (χ0) is 20.6. The summed E-state index contributed by atoms with van der Waals surface area (Å²) in [6.07, 6.45) is 4.11. The first-order valence-corrected chi connectivity index (χ1v) is 10.3. The van der Waals surface area contributed by atoms with Gasteiger partial charge in [-0.05, 0) is 56.9 Å². The van der Waals surface area contributed by atoms with Crippen molar-refractivity contribution in [3.05, 3.63) is 35.8 Å². The van der Waals surface area contributed by atoms with E-state index in [9.17, 15) is 9.18 Å². The third kappa shape index (κ3) is 5.62. The van der Waals surface area contributed by atoms with Crippen molar-refractivity contribution in [1.82, 2.24) is 20.5 Å². The van der Waals surface area contributed by atoms with Crippen LogP contribution in [-0.2, 0) is 11.2 Å². The molecule has 0 bridgehead atoms. The van der Waals surface area contributed by atoms with Gasteiger partial charge in [0.2, 0.25) is 0 Å². The highest BCUT2D eigenvalue weighted by Crippen LogP contribution is 2.19. The van der Waals surface area contributed by atoms with Gasteiger partial charge in [-0.25, -0.2) is 9.18 Å². The average molecular weight is 404 g/mol. The van der Waals surface area contributed by atoms with Gasteiger partial charge in [-0.15, -0.1) is 0 Å². The molecule has 0 unspecified atom stereocenters. The van der Waals surface area contributed by atoms with E-state index in [0.717, 1.165) is 48.2 Å². The van der Waals surface area contributed by atoms with Gasteiger partial charge in [0.1, 0.15) is 5.82 Å². The van der Waals surface area contributed by atoms with E-state index in [1.165, 1.54) is 6.07 Å². The van der Waals surface area contributed by atoms with Crippen LogP contribution in [0.3, 0.4) is 0 Å². The Morgan fingerprint density at radius 1 is 1.34 bits per heavy atom. The minimum absolute atomic E-state index is 0.231. The van der Waals surface area contributed by atoms with Gasteiger partial charge in [0.25, 0.3) is 0 Å². The van der Waals surface area contributed by atoms with Crippen LogP contribution >= 0.6 is 0 Å². The summed E-state index contributed by atoms with van der Waals surface area (Å²) in [6, 6.07) is 5.04. The van der Waals surface area contributed by atoms with Gasteiger partial charge in [0.15, 0.2) is 5.96 Å². The minimum atomic E-state index is -0.235. The maximum Gasteiger partial charge on any atom is 0.409 e. The number of ether oxygens (including phenoxy) is 1. The number of aromatic nitrogens is 1. The molecule has 1 aromatic heterocycles. The number of guanidine groups is 1. The molecular formula is C21H30FN5O2. The van der Waals surface area contributed by atoms with Gasteiger partial charge in [-0.2, -0.15) is 0 Å². The second-order valence-electron chi connectivity index (χ2n) is 7.12. The van der Waals surface area contributed by atoms with E-state index in [1.54, 1.807) is 17.0 Å². The fourth-order valence-corrected chi connectivity index (χ4v) is 3.58. The molecule has 1 aliphatic rings. The van der Waals surface area contributed by atoms with Gasteiger partial charge in [-0.3, -0.25) is 4.99 Å². The standard InChI is InChI=1S/C21H30FN5O2/c1-3-23-20(26-17-8-11-27(12-9-17)21(28)29-4-2)24-10-7-15-14-25-19-6-5-16(22)13-18(15)19/h5-6,13-14,17,25H,3-4,7-12H2,1-2H3,(H2,23,24,26). The second kappa shape index (κ2) is 10.1. The van der Waals surface area contributed by atoms with Crippen molar-refractivity contribution in [3.8, 4) is 0 Å². The monoisotopic (exact) mass is 403 g/mol. The summed E-state index contributed by atoms with van der Waals surface area (Å²) in [5.74, 6) is 0.541. The van der Waals surface area contributed by atoms with Crippen molar-refractivity contribution in [2.24, 2.45) is 4.99 Å². The number of nitrogens with zero attached hydrogens (tertiary/aromatic N) is 2. The number of hydrogen-bond donors (Lipinski definition) is 3. The number of aromatic amines is 1. The molecule has 0 spiro atoms. The molecule has 7 nitrogen and oxygen atoms in total. The first kappa shape index (κ1) is 21.0. The Labute approximate surface area is 170 Å². The van der Waals surface area contributed by atoms with Crippen LogP contribution in [0.1, 0.15) is 32.3 Å². The maximum absolute atomic E-state index is 13.5. The summed E-state index contributed by atoms with van der Waals surface area (Å²) in [5.41, 5.74) is 1.99. The van der Waals surface area contributed by atoms with Gasteiger partial charge in [-0.1, -0.05) is 0 Å². The molecule has 1 saturated heterocycles. The Balaban J connectivity index is 1.53. The van der Waals surface area contributed by atoms with Crippen molar-refractivity contribution in [3.63, 3.8) is 0 Å². The summed E-state index contributed by atoms with van der Waals surface area (Å²) in [7, 11) is 0. The normalized spacial score (nSPS) is 15.6. The van der Waals surface area contributed by atoms with E-state index in [2.05, 4.69) is 20.6 Å². The smallest absolute Gasteiger partial charge is 0.409 e. The number of halogens is 1. The molecule has 0 radical (unpaired) electrons. The summed E-state index contributed by atoms with van der Waals surface area (Å²) in [5, 5.41) is 7.65. The molecule has 0 saturated carbocycles. The lowest BCUT2D eigenvalue weighted by atomic mass is 10.1. The second-order valence-corrected chi connectivity index (χ2v) is 7.12. The molecule has 29 heavy (non-hydrogen) atoms. The lowest BCUT2D eigenvalue weighted by molar-refractivity contribution is 0.0963. The van der Waals surface area contributed by atoms with Crippen LogP contribution in [0.4, 0.5) is 9.18 Å². The van der Waals surface area contributed by atoms with E-state index in [0.29, 0.717) is 26.2 Å². The molecule has 158 valence electrons. The summed E-state index contributed by atoms with van der Waals surface area (Å²) in [6.45, 7) is 6.97. The summed E-state index contributed by atoms with van der Waals surface area (Å²) >= 11 is 0. The van der Waals surface area contributed by atoms with Crippen molar-refractivity contribution in [2.45, 2.75) is 39.2 Å². The number of fused-ring (bicyclic) bond motifs is 1. The Bertz CT molecular complexity index is 843. The van der Waals surface area contributed by atoms with E-state index in [-0.39, 0.29) is 18.0 Å². The first-order chi connectivity index (χ1) is 14.1. The predicted octanol–water partition coefficient (Wildman–Crippen LogP) is 3.03. The highest BCUT2D eigenvalue weighted by molar-refractivity contribution is 5.83. The Morgan fingerprint density at radius 3 is 2.86 bits per heavy atom. The number of H-pyrrole nitrogens is 1. The number of hydrogen-bond acceptors (Lipinski definition) is 3. The first-order valence-electron chi connectivity index (χ1n) is 10.3. The Hall–Kier alpha value is -2.77. The van der Waals surface area contributed by atoms with Crippen molar-refractivity contribution in [2.75, 3.05) is 32.8 Å². The van der Waals surface area contributed by atoms with Crippen LogP contribution in [0.15, 0.2) is 29.4 Å². The fourth-order valence-electron chi connectivity index (χ4n) is 3.58. The Kier molecular flexibility index (Phi) is 7.32. The molecule has 1 aromatic carbocycles. The van der Waals surface area contributed by atoms with Crippen LogP contribution in [0.2, 0.25) is 0 Å². The number of piperidine rings is 1. The molecule has 0 aliphatic carbocycles. The van der Waals surface area contributed by atoms with Crippen LogP contribution in [0.25, 0.3) is 10.9 Å². The number of amides is 1. The third-order valence-corrected chi connectivity index (χ3v) is 5.09. The number of carbonyl (C=O) groups excluding carboxylic acids is 1. The number of carbonyl (C=O) groups is 1. The van der Waals surface area contributed by atoms with E-state index < -0.39 is 0 Å². The predicted molar refractivity (Wildman–Crippen MR) is 113 cm³/mol. The molecular weight excluding hydrogens is 373 g/mol. The molecule has 8 heteroatoms. The SMILES string of the molecule is CCNC(=NCCc1c[nH]c2ccc(F)cc12)NC1CCN(C(=O)OCC)CC1. The quantitative estimate of drug-likeness (QED) is 0.512. The number of benzene rings is 1. The van der Waals surface area contributed by atoms with E-state index in [4.69, 9.17) is 4.74 Å². The van der Waals surface area contributed by atoms with Crippen LogP contribution < -0.4 is 10.6 Å². The van der Waals surface area contributed by atoms with Gasteiger partial charge < -0.3 is 25.3 Å². The number of likely N-dealkylation sites (tertiary alicyclic amines) is 1. The lowest BCUT2D eigenvalue weighted by Gasteiger charge is -2.32. The molecule has 3 rings (SSSR count). The van der Waals surface area contributed by atoms with Crippen LogP contribution in [-0.4, -0.2) is 60.8 Å². The Morgan fingerprint density at radius 2 is 2.14 bits per heavy atom. The van der Waals surface area contributed by atoms with Crippen LogP contribution in [0, 0.1) is 5.82 Å². The van der Waals surface area contributed by atoms with E-state index >= 15 is 0 Å².